The maximum atomic E-state index is 11.5. The van der Waals surface area contributed by atoms with Crippen molar-refractivity contribution >= 4 is 23.2 Å². The molecule has 4 heteroatoms. The molecule has 0 saturated carbocycles. The number of hydrogen-bond donors (Lipinski definition) is 2. The molecule has 3 rings (SSSR count). The van der Waals surface area contributed by atoms with Gasteiger partial charge in [0.05, 0.1) is 6.42 Å². The van der Waals surface area contributed by atoms with E-state index in [1.54, 1.807) is 0 Å². The number of anilines is 1. The Morgan fingerprint density at radius 1 is 1.28 bits per heavy atom. The van der Waals surface area contributed by atoms with Crippen molar-refractivity contribution in [3.8, 4) is 0 Å². The highest BCUT2D eigenvalue weighted by molar-refractivity contribution is 6.31. The van der Waals surface area contributed by atoms with Crippen molar-refractivity contribution in [3.05, 3.63) is 28.3 Å². The standard InChI is InChI=1S/C14H17ClN2O/c15-12-6-10(5-9-1-3-16-4-2-9)14-11(7-12)8-13(18)17-14/h6-7,9,16H,1-5,8H2,(H,17,18). The zero-order valence-electron chi connectivity index (χ0n) is 10.3. The Morgan fingerprint density at radius 3 is 2.83 bits per heavy atom. The highest BCUT2D eigenvalue weighted by atomic mass is 35.5. The molecule has 1 amide bonds. The van der Waals surface area contributed by atoms with Gasteiger partial charge in [0.1, 0.15) is 0 Å². The fraction of sp³-hybridized carbons (Fsp3) is 0.500. The van der Waals surface area contributed by atoms with Gasteiger partial charge < -0.3 is 10.6 Å². The molecule has 0 bridgehead atoms. The highest BCUT2D eigenvalue weighted by Crippen LogP contribution is 2.33. The molecular formula is C14H17ClN2O. The fourth-order valence-electron chi connectivity index (χ4n) is 2.94. The summed E-state index contributed by atoms with van der Waals surface area (Å²) in [5.74, 6) is 0.783. The average Bonchev–Trinajstić information content (AvgIpc) is 2.71. The highest BCUT2D eigenvalue weighted by Gasteiger charge is 2.23. The number of nitrogens with one attached hydrogen (secondary N) is 2. The van der Waals surface area contributed by atoms with Crippen LogP contribution in [-0.2, 0) is 17.6 Å². The number of piperidine rings is 1. The van der Waals surface area contributed by atoms with E-state index in [2.05, 4.69) is 10.6 Å². The number of amides is 1. The number of rotatable bonds is 2. The maximum absolute atomic E-state index is 11.5. The second-order valence-corrected chi connectivity index (χ2v) is 5.66. The summed E-state index contributed by atoms with van der Waals surface area (Å²) < 4.78 is 0. The molecule has 0 aliphatic carbocycles. The summed E-state index contributed by atoms with van der Waals surface area (Å²) in [7, 11) is 0. The first-order valence-corrected chi connectivity index (χ1v) is 6.92. The second kappa shape index (κ2) is 4.90. The third-order valence-corrected chi connectivity index (χ3v) is 4.07. The lowest BCUT2D eigenvalue weighted by atomic mass is 9.89. The van der Waals surface area contributed by atoms with Crippen molar-refractivity contribution in [2.45, 2.75) is 25.7 Å². The number of fused-ring (bicyclic) bond motifs is 1. The van der Waals surface area contributed by atoms with E-state index in [0.717, 1.165) is 35.8 Å². The van der Waals surface area contributed by atoms with Crippen LogP contribution in [0.3, 0.4) is 0 Å². The number of carbonyl (C=O) groups excluding carboxylic acids is 1. The van der Waals surface area contributed by atoms with E-state index < -0.39 is 0 Å². The van der Waals surface area contributed by atoms with Gasteiger partial charge in [-0.3, -0.25) is 4.79 Å². The molecule has 0 radical (unpaired) electrons. The van der Waals surface area contributed by atoms with E-state index in [-0.39, 0.29) is 5.91 Å². The minimum atomic E-state index is 0.0822. The van der Waals surface area contributed by atoms with Gasteiger partial charge in [0, 0.05) is 10.7 Å². The van der Waals surface area contributed by atoms with Gasteiger partial charge in [0.25, 0.3) is 0 Å². The lowest BCUT2D eigenvalue weighted by Crippen LogP contribution is -2.28. The van der Waals surface area contributed by atoms with Crippen LogP contribution >= 0.6 is 11.6 Å². The Hall–Kier alpha value is -1.06. The van der Waals surface area contributed by atoms with Crippen LogP contribution in [0, 0.1) is 5.92 Å². The van der Waals surface area contributed by atoms with Gasteiger partial charge in [-0.25, -0.2) is 0 Å². The first-order valence-electron chi connectivity index (χ1n) is 6.54. The lowest BCUT2D eigenvalue weighted by Gasteiger charge is -2.23. The van der Waals surface area contributed by atoms with Crippen LogP contribution in [0.4, 0.5) is 5.69 Å². The smallest absolute Gasteiger partial charge is 0.228 e. The third kappa shape index (κ3) is 2.38. The summed E-state index contributed by atoms with van der Waals surface area (Å²) >= 11 is 6.14. The van der Waals surface area contributed by atoms with Crippen LogP contribution in [0.25, 0.3) is 0 Å². The molecule has 2 aliphatic rings. The van der Waals surface area contributed by atoms with Crippen LogP contribution in [0.1, 0.15) is 24.0 Å². The lowest BCUT2D eigenvalue weighted by molar-refractivity contribution is -0.115. The largest absolute Gasteiger partial charge is 0.325 e. The maximum Gasteiger partial charge on any atom is 0.228 e. The molecule has 3 nitrogen and oxygen atoms in total. The summed E-state index contributed by atoms with van der Waals surface area (Å²) in [5, 5.41) is 7.09. The predicted molar refractivity (Wildman–Crippen MR) is 73.1 cm³/mol. The minimum absolute atomic E-state index is 0.0822. The molecule has 1 aromatic rings. The van der Waals surface area contributed by atoms with Gasteiger partial charge in [-0.1, -0.05) is 11.6 Å². The Balaban J connectivity index is 1.85. The average molecular weight is 265 g/mol. The molecular weight excluding hydrogens is 248 g/mol. The van der Waals surface area contributed by atoms with Gasteiger partial charge in [0.2, 0.25) is 5.91 Å². The summed E-state index contributed by atoms with van der Waals surface area (Å²) in [5.41, 5.74) is 3.27. The van der Waals surface area contributed by atoms with E-state index in [0.29, 0.717) is 12.3 Å². The Bertz CT molecular complexity index is 481. The predicted octanol–water partition coefficient (Wildman–Crippen LogP) is 2.38. The van der Waals surface area contributed by atoms with Crippen molar-refractivity contribution in [2.24, 2.45) is 5.92 Å². The molecule has 2 heterocycles. The molecule has 0 aromatic heterocycles. The molecule has 0 atom stereocenters. The molecule has 0 spiro atoms. The van der Waals surface area contributed by atoms with Crippen LogP contribution in [-0.4, -0.2) is 19.0 Å². The molecule has 2 aliphatic heterocycles. The molecule has 96 valence electrons. The van der Waals surface area contributed by atoms with E-state index in [9.17, 15) is 4.79 Å². The van der Waals surface area contributed by atoms with Gasteiger partial charge in [-0.2, -0.15) is 0 Å². The Kier molecular flexibility index (Phi) is 3.27. The van der Waals surface area contributed by atoms with Crippen molar-refractivity contribution in [1.82, 2.24) is 5.32 Å². The van der Waals surface area contributed by atoms with Crippen molar-refractivity contribution in [2.75, 3.05) is 18.4 Å². The molecule has 0 unspecified atom stereocenters. The van der Waals surface area contributed by atoms with Gasteiger partial charge >= 0.3 is 0 Å². The van der Waals surface area contributed by atoms with Crippen LogP contribution in [0.5, 0.6) is 0 Å². The monoisotopic (exact) mass is 264 g/mol. The SMILES string of the molecule is O=C1Cc2cc(Cl)cc(CC3CCNCC3)c2N1. The Morgan fingerprint density at radius 2 is 2.06 bits per heavy atom. The number of hydrogen-bond acceptors (Lipinski definition) is 2. The molecule has 18 heavy (non-hydrogen) atoms. The van der Waals surface area contributed by atoms with Gasteiger partial charge in [-0.05, 0) is 61.5 Å². The van der Waals surface area contributed by atoms with Crippen molar-refractivity contribution < 1.29 is 4.79 Å². The normalized spacial score (nSPS) is 19.7. The number of benzene rings is 1. The topological polar surface area (TPSA) is 41.1 Å². The van der Waals surface area contributed by atoms with E-state index in [1.165, 1.54) is 18.4 Å². The zero-order chi connectivity index (χ0) is 12.5. The van der Waals surface area contributed by atoms with Crippen LogP contribution < -0.4 is 10.6 Å². The fourth-order valence-corrected chi connectivity index (χ4v) is 3.20. The molecule has 1 saturated heterocycles. The van der Waals surface area contributed by atoms with Crippen LogP contribution in [0.15, 0.2) is 12.1 Å². The summed E-state index contributed by atoms with van der Waals surface area (Å²) in [6.45, 7) is 2.19. The quantitative estimate of drug-likeness (QED) is 0.861. The van der Waals surface area contributed by atoms with Gasteiger partial charge in [0.15, 0.2) is 0 Å². The molecule has 1 aromatic carbocycles. The molecule has 1 fully saturated rings. The first kappa shape index (κ1) is 12.0. The van der Waals surface area contributed by atoms with E-state index in [4.69, 9.17) is 11.6 Å². The summed E-state index contributed by atoms with van der Waals surface area (Å²) in [6, 6.07) is 3.91. The Labute approximate surface area is 112 Å². The van der Waals surface area contributed by atoms with Crippen molar-refractivity contribution in [3.63, 3.8) is 0 Å². The van der Waals surface area contributed by atoms with E-state index in [1.807, 2.05) is 12.1 Å². The van der Waals surface area contributed by atoms with Crippen molar-refractivity contribution in [1.29, 1.82) is 0 Å². The number of carbonyl (C=O) groups is 1. The summed E-state index contributed by atoms with van der Waals surface area (Å²) in [6.07, 6.45) is 3.89. The molecule has 2 N–H and O–H groups in total. The zero-order valence-corrected chi connectivity index (χ0v) is 11.0. The van der Waals surface area contributed by atoms with E-state index >= 15 is 0 Å². The third-order valence-electron chi connectivity index (χ3n) is 3.85. The van der Waals surface area contributed by atoms with Gasteiger partial charge in [-0.15, -0.1) is 0 Å². The minimum Gasteiger partial charge on any atom is -0.325 e. The number of halogens is 1. The first-order chi connectivity index (χ1) is 8.72. The van der Waals surface area contributed by atoms with Crippen LogP contribution in [0.2, 0.25) is 5.02 Å². The summed E-state index contributed by atoms with van der Waals surface area (Å²) in [4.78, 5) is 11.5. The second-order valence-electron chi connectivity index (χ2n) is 5.22.